The van der Waals surface area contributed by atoms with Gasteiger partial charge in [0.25, 0.3) is 5.91 Å². The van der Waals surface area contributed by atoms with Gasteiger partial charge in [0.2, 0.25) is 0 Å². The number of benzene rings is 4. The van der Waals surface area contributed by atoms with Crippen LogP contribution in [0, 0.1) is 0 Å². The Kier molecular flexibility index (Phi) is 7.52. The predicted octanol–water partition coefficient (Wildman–Crippen LogP) is 9.02. The van der Waals surface area contributed by atoms with Gasteiger partial charge in [0.05, 0.1) is 27.8 Å². The van der Waals surface area contributed by atoms with Crippen molar-refractivity contribution in [3.8, 4) is 33.8 Å². The van der Waals surface area contributed by atoms with E-state index in [1.807, 2.05) is 41.3 Å². The number of carbonyl (C=O) groups is 2. The van der Waals surface area contributed by atoms with Crippen molar-refractivity contribution in [3.63, 3.8) is 0 Å². The van der Waals surface area contributed by atoms with Gasteiger partial charge in [-0.15, -0.1) is 0 Å². The van der Waals surface area contributed by atoms with Crippen LogP contribution in [-0.4, -0.2) is 49.5 Å². The lowest BCUT2D eigenvalue weighted by molar-refractivity contribution is 0.0696. The maximum absolute atomic E-state index is 13.4. The van der Waals surface area contributed by atoms with Gasteiger partial charge in [-0.2, -0.15) is 0 Å². The van der Waals surface area contributed by atoms with Crippen molar-refractivity contribution in [3.05, 3.63) is 108 Å². The van der Waals surface area contributed by atoms with Gasteiger partial charge >= 0.3 is 5.97 Å². The molecule has 2 fully saturated rings. The molecule has 2 aromatic heterocycles. The highest BCUT2D eigenvalue weighted by Crippen LogP contribution is 2.38. The zero-order chi connectivity index (χ0) is 31.9. The molecule has 1 amide bonds. The molecular formula is C40H36N4O3. The number of likely N-dealkylation sites (tertiary alicyclic amines) is 1. The van der Waals surface area contributed by atoms with Crippen molar-refractivity contribution >= 4 is 33.8 Å². The standard InChI is InChI=1S/C40H36N4O3/c45-39(43-22-6-7-23-43)30-16-19-32(26-12-14-27(15-13-26)40(46)47)33(25-30)35-21-17-28-24-29(18-20-34(28)41-35)38-42-36-10-4-5-11-37(36)44(38)31-8-2-1-3-9-31/h4-5,10-21,24-25,31H,1-3,6-9,22-23H2,(H,46,47). The molecule has 7 nitrogen and oxygen atoms in total. The summed E-state index contributed by atoms with van der Waals surface area (Å²) in [7, 11) is 0. The summed E-state index contributed by atoms with van der Waals surface area (Å²) in [5.74, 6) is 0.0697. The summed E-state index contributed by atoms with van der Waals surface area (Å²) >= 11 is 0. The number of carboxylic acids is 1. The smallest absolute Gasteiger partial charge is 0.335 e. The fourth-order valence-corrected chi connectivity index (χ4v) is 7.41. The van der Waals surface area contributed by atoms with Crippen molar-refractivity contribution in [2.45, 2.75) is 51.0 Å². The number of para-hydroxylation sites is 2. The summed E-state index contributed by atoms with van der Waals surface area (Å²) in [4.78, 5) is 37.1. The first-order chi connectivity index (χ1) is 23.0. The molecule has 1 saturated heterocycles. The Morgan fingerprint density at radius 1 is 0.660 bits per heavy atom. The molecule has 2 aliphatic rings. The molecule has 1 saturated carbocycles. The van der Waals surface area contributed by atoms with Crippen LogP contribution in [0.3, 0.4) is 0 Å². The second-order valence-corrected chi connectivity index (χ2v) is 12.8. The lowest BCUT2D eigenvalue weighted by Gasteiger charge is -2.25. The maximum Gasteiger partial charge on any atom is 0.335 e. The van der Waals surface area contributed by atoms with Crippen LogP contribution in [0.15, 0.2) is 97.1 Å². The molecule has 1 aliphatic heterocycles. The van der Waals surface area contributed by atoms with E-state index in [-0.39, 0.29) is 11.5 Å². The van der Waals surface area contributed by atoms with Gasteiger partial charge in [-0.25, -0.2) is 14.8 Å². The predicted molar refractivity (Wildman–Crippen MR) is 186 cm³/mol. The largest absolute Gasteiger partial charge is 0.478 e. The number of hydrogen-bond acceptors (Lipinski definition) is 4. The molecule has 0 spiro atoms. The average Bonchev–Trinajstić information content (AvgIpc) is 3.80. The van der Waals surface area contributed by atoms with E-state index in [0.717, 1.165) is 76.1 Å². The lowest BCUT2D eigenvalue weighted by atomic mass is 9.93. The zero-order valence-electron chi connectivity index (χ0n) is 26.2. The Hall–Kier alpha value is -5.30. The SMILES string of the molecule is O=C(O)c1ccc(-c2ccc(C(=O)N3CCCC3)cc2-c2ccc3cc(-c4nc5ccccc5n4C4CCCCC4)ccc3n2)cc1. The van der Waals surface area contributed by atoms with Crippen molar-refractivity contribution in [1.29, 1.82) is 0 Å². The fourth-order valence-electron chi connectivity index (χ4n) is 7.41. The molecule has 0 atom stereocenters. The molecule has 1 aliphatic carbocycles. The van der Waals surface area contributed by atoms with Gasteiger partial charge < -0.3 is 14.6 Å². The third-order valence-corrected chi connectivity index (χ3v) is 9.86. The van der Waals surface area contributed by atoms with Crippen LogP contribution in [-0.2, 0) is 0 Å². The highest BCUT2D eigenvalue weighted by atomic mass is 16.4. The van der Waals surface area contributed by atoms with Crippen LogP contribution in [0.1, 0.15) is 71.7 Å². The van der Waals surface area contributed by atoms with E-state index in [0.29, 0.717) is 11.6 Å². The minimum absolute atomic E-state index is 0.0304. The van der Waals surface area contributed by atoms with Crippen LogP contribution in [0.5, 0.6) is 0 Å². The summed E-state index contributed by atoms with van der Waals surface area (Å²) in [6, 6.07) is 32.0. The number of rotatable bonds is 6. The van der Waals surface area contributed by atoms with Gasteiger partial charge in [-0.05, 0) is 97.5 Å². The van der Waals surface area contributed by atoms with E-state index in [2.05, 4.69) is 53.1 Å². The maximum atomic E-state index is 13.4. The first-order valence-corrected chi connectivity index (χ1v) is 16.7. The van der Waals surface area contributed by atoms with Gasteiger partial charge in [-0.3, -0.25) is 4.79 Å². The third kappa shape index (κ3) is 5.46. The minimum Gasteiger partial charge on any atom is -0.478 e. The first-order valence-electron chi connectivity index (χ1n) is 16.7. The van der Waals surface area contributed by atoms with Crippen LogP contribution in [0.2, 0.25) is 0 Å². The summed E-state index contributed by atoms with van der Waals surface area (Å²) in [6.07, 6.45) is 8.19. The number of amides is 1. The molecule has 6 aromatic rings. The van der Waals surface area contributed by atoms with E-state index in [9.17, 15) is 14.7 Å². The topological polar surface area (TPSA) is 88.3 Å². The summed E-state index contributed by atoms with van der Waals surface area (Å²) in [6.45, 7) is 1.55. The number of aromatic carboxylic acids is 1. The molecule has 0 radical (unpaired) electrons. The molecular weight excluding hydrogens is 584 g/mol. The van der Waals surface area contributed by atoms with Gasteiger partial charge in [0.1, 0.15) is 5.82 Å². The number of hydrogen-bond donors (Lipinski definition) is 1. The Morgan fingerprint density at radius 3 is 2.19 bits per heavy atom. The second kappa shape index (κ2) is 12.1. The Morgan fingerprint density at radius 2 is 1.40 bits per heavy atom. The van der Waals surface area contributed by atoms with Crippen LogP contribution in [0.25, 0.3) is 55.7 Å². The molecule has 0 unspecified atom stereocenters. The summed E-state index contributed by atoms with van der Waals surface area (Å²) in [5, 5.41) is 10.5. The van der Waals surface area contributed by atoms with E-state index in [1.54, 1.807) is 12.1 Å². The van der Waals surface area contributed by atoms with Gasteiger partial charge in [0, 0.05) is 41.2 Å². The molecule has 3 heterocycles. The van der Waals surface area contributed by atoms with Crippen LogP contribution < -0.4 is 0 Å². The summed E-state index contributed by atoms with van der Waals surface area (Å²) < 4.78 is 2.46. The quantitative estimate of drug-likeness (QED) is 0.201. The van der Waals surface area contributed by atoms with Crippen molar-refractivity contribution < 1.29 is 14.7 Å². The number of pyridine rings is 1. The molecule has 0 bridgehead atoms. The number of carboxylic acid groups (broad SMARTS) is 1. The molecule has 234 valence electrons. The van der Waals surface area contributed by atoms with Crippen molar-refractivity contribution in [2.75, 3.05) is 13.1 Å². The number of imidazole rings is 1. The molecule has 1 N–H and O–H groups in total. The highest BCUT2D eigenvalue weighted by molar-refractivity contribution is 5.98. The van der Waals surface area contributed by atoms with E-state index in [1.165, 1.54) is 37.6 Å². The van der Waals surface area contributed by atoms with Crippen molar-refractivity contribution in [2.24, 2.45) is 0 Å². The molecule has 47 heavy (non-hydrogen) atoms. The van der Waals surface area contributed by atoms with Crippen LogP contribution in [0.4, 0.5) is 0 Å². The number of carbonyl (C=O) groups excluding carboxylic acids is 1. The van der Waals surface area contributed by atoms with Gasteiger partial charge in [0.15, 0.2) is 0 Å². The van der Waals surface area contributed by atoms with Gasteiger partial charge in [-0.1, -0.05) is 55.7 Å². The average molecular weight is 621 g/mol. The zero-order valence-corrected chi connectivity index (χ0v) is 26.2. The summed E-state index contributed by atoms with van der Waals surface area (Å²) in [5.41, 5.74) is 8.36. The number of aromatic nitrogens is 3. The highest BCUT2D eigenvalue weighted by Gasteiger charge is 2.24. The van der Waals surface area contributed by atoms with E-state index >= 15 is 0 Å². The third-order valence-electron chi connectivity index (χ3n) is 9.86. The van der Waals surface area contributed by atoms with E-state index in [4.69, 9.17) is 9.97 Å². The lowest BCUT2D eigenvalue weighted by Crippen LogP contribution is -2.27. The second-order valence-electron chi connectivity index (χ2n) is 12.8. The fraction of sp³-hybridized carbons (Fsp3) is 0.250. The first kappa shape index (κ1) is 29.1. The minimum atomic E-state index is -0.965. The van der Waals surface area contributed by atoms with Crippen LogP contribution >= 0.6 is 0 Å². The molecule has 4 aromatic carbocycles. The number of nitrogens with zero attached hydrogens (tertiary/aromatic N) is 4. The normalized spacial score (nSPS) is 15.4. The monoisotopic (exact) mass is 620 g/mol. The number of fused-ring (bicyclic) bond motifs is 2. The Labute approximate surface area is 273 Å². The molecule has 8 rings (SSSR count). The Balaban J connectivity index is 1.21. The molecule has 7 heteroatoms. The van der Waals surface area contributed by atoms with Crippen molar-refractivity contribution in [1.82, 2.24) is 19.4 Å². The van der Waals surface area contributed by atoms with E-state index < -0.39 is 5.97 Å². The Bertz CT molecular complexity index is 2140.